The molecule has 3 saturated heterocycles. The first kappa shape index (κ1) is 61.4. The number of hydrogen-bond donors (Lipinski definition) is 5. The lowest BCUT2D eigenvalue weighted by Crippen LogP contribution is -2.62. The first-order valence-electron chi connectivity index (χ1n) is 26.6. The van der Waals surface area contributed by atoms with Crippen LogP contribution in [0.2, 0.25) is 0 Å². The molecular weight excluding hydrogens is 969 g/mol. The zero-order valence-corrected chi connectivity index (χ0v) is 46.3. The third-order valence-corrected chi connectivity index (χ3v) is 14.7. The molecule has 418 valence electrons. The maximum Gasteiger partial charge on any atom is 0.329 e. The van der Waals surface area contributed by atoms with Gasteiger partial charge in [-0.15, -0.1) is 0 Å². The third-order valence-electron chi connectivity index (χ3n) is 14.7. The molecular formula is C54H84N8O13. The highest BCUT2D eigenvalue weighted by atomic mass is 16.5. The molecule has 21 heteroatoms. The molecule has 3 aliphatic rings. The Balaban J connectivity index is 1.87. The topological polar surface area (TPSA) is 270 Å². The van der Waals surface area contributed by atoms with E-state index in [0.717, 1.165) is 6.92 Å². The molecule has 0 unspecified atom stereocenters. The smallest absolute Gasteiger partial charge is 0.329 e. The Kier molecular flexibility index (Phi) is 22.6. The Morgan fingerprint density at radius 2 is 1.52 bits per heavy atom. The minimum absolute atomic E-state index is 0.0818. The summed E-state index contributed by atoms with van der Waals surface area (Å²) >= 11 is 0. The third kappa shape index (κ3) is 16.0. The molecule has 3 heterocycles. The predicted molar refractivity (Wildman–Crippen MR) is 277 cm³/mol. The monoisotopic (exact) mass is 1050 g/mol. The van der Waals surface area contributed by atoms with Crippen molar-refractivity contribution in [3.8, 4) is 5.75 Å². The van der Waals surface area contributed by atoms with Gasteiger partial charge in [-0.2, -0.15) is 0 Å². The lowest BCUT2D eigenvalue weighted by atomic mass is 9.91. The number of carbonyl (C=O) groups excluding carboxylic acids is 10. The fourth-order valence-electron chi connectivity index (χ4n) is 10.1. The number of likely N-dealkylation sites (N-methyl/N-ethyl adjacent to an activating group) is 2. The highest BCUT2D eigenvalue weighted by Crippen LogP contribution is 2.27. The maximum absolute atomic E-state index is 14.9. The minimum atomic E-state index is -1.72. The number of aliphatic hydroxyl groups excluding tert-OH is 1. The van der Waals surface area contributed by atoms with Gasteiger partial charge in [0, 0.05) is 40.5 Å². The normalized spacial score (nSPS) is 26.7. The van der Waals surface area contributed by atoms with Crippen molar-refractivity contribution in [2.24, 2.45) is 23.7 Å². The number of likely N-dealkylation sites (tertiary alicyclic amines) is 1. The number of Topliss-reactive ketones (excluding diaryl/α,β-unsaturated/α-hetero) is 1. The van der Waals surface area contributed by atoms with Gasteiger partial charge in [0.1, 0.15) is 54.1 Å². The first-order chi connectivity index (χ1) is 35.2. The average molecular weight is 1050 g/mol. The largest absolute Gasteiger partial charge is 0.497 e. The number of hydrogen-bond acceptors (Lipinski definition) is 13. The Morgan fingerprint density at radius 1 is 0.880 bits per heavy atom. The van der Waals surface area contributed by atoms with Crippen LogP contribution in [0.3, 0.4) is 0 Å². The number of benzene rings is 1. The Hall–Kier alpha value is -6.12. The van der Waals surface area contributed by atoms with E-state index in [2.05, 4.69) is 21.3 Å². The number of amides is 8. The van der Waals surface area contributed by atoms with E-state index in [4.69, 9.17) is 9.47 Å². The Bertz CT molecular complexity index is 2220. The fourth-order valence-corrected chi connectivity index (χ4v) is 10.1. The van der Waals surface area contributed by atoms with Gasteiger partial charge in [-0.25, -0.2) is 4.79 Å². The number of ether oxygens (including phenoxy) is 2. The van der Waals surface area contributed by atoms with E-state index in [1.807, 2.05) is 34.6 Å². The van der Waals surface area contributed by atoms with Gasteiger partial charge in [-0.05, 0) is 86.8 Å². The van der Waals surface area contributed by atoms with Gasteiger partial charge in [0.15, 0.2) is 0 Å². The number of fused-ring (bicyclic) bond motifs is 1. The number of nitrogens with zero attached hydrogens (tertiary/aromatic N) is 4. The van der Waals surface area contributed by atoms with Crippen molar-refractivity contribution < 1.29 is 62.5 Å². The summed E-state index contributed by atoms with van der Waals surface area (Å²) in [5, 5.41) is 23.0. The van der Waals surface area contributed by atoms with Crippen LogP contribution in [0.1, 0.15) is 126 Å². The lowest BCUT2D eigenvalue weighted by molar-refractivity contribution is -0.162. The molecule has 3 aliphatic heterocycles. The van der Waals surface area contributed by atoms with Crippen molar-refractivity contribution >= 4 is 59.0 Å². The maximum atomic E-state index is 14.9. The van der Waals surface area contributed by atoms with Crippen LogP contribution in [0.15, 0.2) is 24.3 Å². The van der Waals surface area contributed by atoms with E-state index in [1.165, 1.54) is 47.7 Å². The van der Waals surface area contributed by atoms with Crippen molar-refractivity contribution in [1.29, 1.82) is 0 Å². The van der Waals surface area contributed by atoms with E-state index >= 15 is 0 Å². The standard InChI is InChI=1S/C54H84N8O13/c1-14-32(8)45-42(64)28-43(65)56-44(31(6)7)48(67)55-37(25-29(2)3)51(70)62-24-16-18-39(62)53(72)60(12)41(27-35-19-21-36(74-13)22-20-35)54(73)75-34(10)46(49(68)57-45)58-47(66)40(26-30(4)5)59(11)52(71)38-17-15-23-61(38)50(69)33(9)63/h19-22,29-32,34,37-42,44-46,64H,14-18,23-28H2,1-13H3,(H,55,67)(H,56,65)(H,57,68)(H,58,66)/t32-,34-,37-,38-,39-,40+,41-,42-,44-,45-,46+/m0/s1. The second-order valence-electron chi connectivity index (χ2n) is 21.8. The molecule has 75 heavy (non-hydrogen) atoms. The number of aliphatic hydroxyl groups is 1. The van der Waals surface area contributed by atoms with Gasteiger partial charge in [-0.3, -0.25) is 43.2 Å². The van der Waals surface area contributed by atoms with Gasteiger partial charge in [0.05, 0.1) is 25.7 Å². The van der Waals surface area contributed by atoms with Crippen molar-refractivity contribution in [2.45, 2.75) is 188 Å². The molecule has 5 N–H and O–H groups in total. The summed E-state index contributed by atoms with van der Waals surface area (Å²) in [6.07, 6.45) is -1.65. The van der Waals surface area contributed by atoms with Crippen LogP contribution in [0, 0.1) is 23.7 Å². The van der Waals surface area contributed by atoms with Gasteiger partial charge < -0.3 is 55.4 Å². The van der Waals surface area contributed by atoms with E-state index in [-0.39, 0.29) is 57.0 Å². The molecule has 0 radical (unpaired) electrons. The number of esters is 1. The second kappa shape index (κ2) is 27.6. The molecule has 1 aromatic rings. The average Bonchev–Trinajstić information content (AvgIpc) is 4.06. The summed E-state index contributed by atoms with van der Waals surface area (Å²) in [6, 6.07) is -2.99. The van der Waals surface area contributed by atoms with Crippen LogP contribution < -0.4 is 26.0 Å². The van der Waals surface area contributed by atoms with Gasteiger partial charge in [0.2, 0.25) is 47.1 Å². The SMILES string of the molecule is CC[C@H](C)[C@@H]1NC(=O)[C@H](NC(=O)[C@@H](CC(C)C)N(C)C(=O)[C@@H]2CCCN2C(=O)C(C)=O)[C@H](C)OC(=O)[C@H](Cc2ccc(OC)cc2)N(C)C(=O)[C@@H]2CCCN2C(=O)[C@H](CC(C)C)NC(=O)[C@H](C(C)C)NC(=O)C[C@@H]1O. The molecule has 21 nitrogen and oxygen atoms in total. The van der Waals surface area contributed by atoms with E-state index in [9.17, 15) is 53.1 Å². The number of cyclic esters (lactones) is 1. The van der Waals surface area contributed by atoms with Crippen LogP contribution in [0.5, 0.6) is 5.75 Å². The molecule has 4 rings (SSSR count). The molecule has 3 fully saturated rings. The number of methoxy groups -OCH3 is 1. The van der Waals surface area contributed by atoms with Crippen LogP contribution in [-0.2, 0) is 59.1 Å². The van der Waals surface area contributed by atoms with Crippen LogP contribution in [0.4, 0.5) is 0 Å². The van der Waals surface area contributed by atoms with Gasteiger partial charge in [0.25, 0.3) is 5.91 Å². The van der Waals surface area contributed by atoms with Crippen molar-refractivity contribution in [3.63, 3.8) is 0 Å². The molecule has 1 aromatic carbocycles. The molecule has 0 bridgehead atoms. The van der Waals surface area contributed by atoms with Crippen molar-refractivity contribution in [2.75, 3.05) is 34.3 Å². The number of carbonyl (C=O) groups is 10. The van der Waals surface area contributed by atoms with E-state index in [0.29, 0.717) is 30.6 Å². The minimum Gasteiger partial charge on any atom is -0.497 e. The quantitative estimate of drug-likeness (QED) is 0.124. The summed E-state index contributed by atoms with van der Waals surface area (Å²) < 4.78 is 11.5. The summed E-state index contributed by atoms with van der Waals surface area (Å²) in [7, 11) is 4.32. The van der Waals surface area contributed by atoms with Crippen molar-refractivity contribution in [1.82, 2.24) is 40.9 Å². The number of rotatable bonds is 15. The molecule has 0 aliphatic carbocycles. The molecule has 8 amide bonds. The van der Waals surface area contributed by atoms with E-state index < -0.39 is 138 Å². The Labute approximate surface area is 442 Å². The van der Waals surface area contributed by atoms with Crippen molar-refractivity contribution in [3.05, 3.63) is 29.8 Å². The Morgan fingerprint density at radius 3 is 2.09 bits per heavy atom. The zero-order chi connectivity index (χ0) is 56.2. The summed E-state index contributed by atoms with van der Waals surface area (Å²) in [6.45, 7) is 17.3. The number of nitrogens with one attached hydrogen (secondary N) is 4. The molecule has 0 aromatic heterocycles. The summed E-state index contributed by atoms with van der Waals surface area (Å²) in [4.78, 5) is 146. The van der Waals surface area contributed by atoms with Gasteiger partial charge in [-0.1, -0.05) is 73.9 Å². The summed E-state index contributed by atoms with van der Waals surface area (Å²) in [5.74, 6) is -8.05. The van der Waals surface area contributed by atoms with Gasteiger partial charge >= 0.3 is 5.97 Å². The molecule has 0 saturated carbocycles. The number of ketones is 1. The fraction of sp³-hybridized carbons (Fsp3) is 0.704. The second-order valence-corrected chi connectivity index (χ2v) is 21.8. The predicted octanol–water partition coefficient (Wildman–Crippen LogP) is 1.89. The van der Waals surface area contributed by atoms with Crippen LogP contribution in [-0.4, -0.2) is 179 Å². The zero-order valence-electron chi connectivity index (χ0n) is 46.3. The van der Waals surface area contributed by atoms with E-state index in [1.54, 1.807) is 45.0 Å². The molecule has 0 spiro atoms. The summed E-state index contributed by atoms with van der Waals surface area (Å²) in [5.41, 5.74) is 0.598. The lowest BCUT2D eigenvalue weighted by Gasteiger charge is -2.36. The first-order valence-corrected chi connectivity index (χ1v) is 26.6. The van der Waals surface area contributed by atoms with Crippen LogP contribution >= 0.6 is 0 Å². The van der Waals surface area contributed by atoms with Crippen LogP contribution in [0.25, 0.3) is 0 Å². The molecule has 11 atom stereocenters. The highest BCUT2D eigenvalue weighted by molar-refractivity contribution is 6.35. The highest BCUT2D eigenvalue weighted by Gasteiger charge is 2.45.